The summed E-state index contributed by atoms with van der Waals surface area (Å²) < 4.78 is 0. The molecule has 1 aromatic rings. The quantitative estimate of drug-likeness (QED) is 0.622. The zero-order valence-corrected chi connectivity index (χ0v) is 17.5. The van der Waals surface area contributed by atoms with E-state index < -0.39 is 23.8 Å². The molecule has 0 spiro atoms. The summed E-state index contributed by atoms with van der Waals surface area (Å²) in [5.41, 5.74) is 1.52. The van der Waals surface area contributed by atoms with E-state index in [0.29, 0.717) is 29.6 Å². The summed E-state index contributed by atoms with van der Waals surface area (Å²) in [6.45, 7) is 2.72. The molecule has 1 aliphatic carbocycles. The van der Waals surface area contributed by atoms with Gasteiger partial charge in [0.15, 0.2) is 0 Å². The minimum atomic E-state index is -0.931. The van der Waals surface area contributed by atoms with Gasteiger partial charge in [-0.05, 0) is 68.7 Å². The molecule has 4 atom stereocenters. The maximum Gasteiger partial charge on any atom is 0.262 e. The summed E-state index contributed by atoms with van der Waals surface area (Å²) in [4.78, 5) is 50.9. The number of hydrogen-bond acceptors (Lipinski definition) is 6. The highest BCUT2D eigenvalue weighted by atomic mass is 16.2. The van der Waals surface area contributed by atoms with Gasteiger partial charge in [0.05, 0.1) is 11.1 Å². The Bertz CT molecular complexity index is 946. The maximum absolute atomic E-state index is 13.2. The van der Waals surface area contributed by atoms with Gasteiger partial charge in [-0.3, -0.25) is 29.4 Å². The molecule has 8 nitrogen and oxygen atoms in total. The van der Waals surface area contributed by atoms with E-state index in [4.69, 9.17) is 0 Å². The molecule has 3 fully saturated rings. The molecule has 2 saturated heterocycles. The largest absolute Gasteiger partial charge is 0.316 e. The Morgan fingerprint density at radius 2 is 1.87 bits per heavy atom. The number of hydrogen-bond donors (Lipinski definition) is 3. The second-order valence-electron chi connectivity index (χ2n) is 9.19. The van der Waals surface area contributed by atoms with Gasteiger partial charge in [-0.25, -0.2) is 0 Å². The zero-order valence-electron chi connectivity index (χ0n) is 17.5. The third-order valence-electron chi connectivity index (χ3n) is 7.37. The van der Waals surface area contributed by atoms with Gasteiger partial charge in [0, 0.05) is 19.0 Å². The Labute approximate surface area is 181 Å². The number of imide groups is 2. The van der Waals surface area contributed by atoms with Crippen molar-refractivity contribution >= 4 is 23.6 Å². The first-order valence-electron chi connectivity index (χ1n) is 11.3. The van der Waals surface area contributed by atoms with Crippen molar-refractivity contribution in [1.82, 2.24) is 20.9 Å². The Morgan fingerprint density at radius 3 is 2.71 bits per heavy atom. The van der Waals surface area contributed by atoms with E-state index in [1.807, 2.05) is 6.07 Å². The molecule has 164 valence electrons. The molecule has 3 heterocycles. The van der Waals surface area contributed by atoms with Crippen LogP contribution < -0.4 is 16.0 Å². The molecule has 3 aliphatic heterocycles. The minimum absolute atomic E-state index is 0.122. The van der Waals surface area contributed by atoms with Crippen LogP contribution in [-0.2, 0) is 16.1 Å². The van der Waals surface area contributed by atoms with Gasteiger partial charge in [-0.2, -0.15) is 0 Å². The van der Waals surface area contributed by atoms with Crippen molar-refractivity contribution < 1.29 is 19.2 Å². The fourth-order valence-corrected chi connectivity index (χ4v) is 5.70. The van der Waals surface area contributed by atoms with Crippen molar-refractivity contribution in [2.45, 2.75) is 57.2 Å². The van der Waals surface area contributed by atoms with Gasteiger partial charge in [0.2, 0.25) is 11.8 Å². The van der Waals surface area contributed by atoms with E-state index in [-0.39, 0.29) is 18.7 Å². The van der Waals surface area contributed by atoms with Crippen molar-refractivity contribution in [3.8, 4) is 0 Å². The van der Waals surface area contributed by atoms with Gasteiger partial charge in [0.1, 0.15) is 6.04 Å². The highest BCUT2D eigenvalue weighted by Gasteiger charge is 2.45. The van der Waals surface area contributed by atoms with Crippen molar-refractivity contribution in [3.05, 3.63) is 34.9 Å². The molecule has 5 rings (SSSR count). The molecule has 0 radical (unpaired) electrons. The molecule has 8 heteroatoms. The van der Waals surface area contributed by atoms with Crippen molar-refractivity contribution in [2.24, 2.45) is 11.8 Å². The zero-order chi connectivity index (χ0) is 21.5. The summed E-state index contributed by atoms with van der Waals surface area (Å²) in [7, 11) is 0. The monoisotopic (exact) mass is 424 g/mol. The van der Waals surface area contributed by atoms with Crippen molar-refractivity contribution in [1.29, 1.82) is 0 Å². The van der Waals surface area contributed by atoms with Crippen LogP contribution in [0.4, 0.5) is 0 Å². The fourth-order valence-electron chi connectivity index (χ4n) is 5.70. The van der Waals surface area contributed by atoms with Crippen LogP contribution in [0, 0.1) is 11.8 Å². The lowest BCUT2D eigenvalue weighted by Gasteiger charge is -2.40. The van der Waals surface area contributed by atoms with Gasteiger partial charge >= 0.3 is 0 Å². The Balaban J connectivity index is 1.30. The second kappa shape index (κ2) is 8.16. The Morgan fingerprint density at radius 1 is 1.00 bits per heavy atom. The molecule has 4 amide bonds. The number of nitrogens with one attached hydrogen (secondary N) is 3. The smallest absolute Gasteiger partial charge is 0.262 e. The molecule has 0 aromatic heterocycles. The van der Waals surface area contributed by atoms with E-state index in [1.165, 1.54) is 12.8 Å². The summed E-state index contributed by atoms with van der Waals surface area (Å²) in [5, 5.41) is 9.35. The van der Waals surface area contributed by atoms with Crippen LogP contribution in [0.5, 0.6) is 0 Å². The van der Waals surface area contributed by atoms with Crippen LogP contribution in [0.15, 0.2) is 18.2 Å². The van der Waals surface area contributed by atoms with Crippen LogP contribution in [0.3, 0.4) is 0 Å². The molecule has 1 aromatic carbocycles. The highest BCUT2D eigenvalue weighted by molar-refractivity contribution is 6.24. The molecule has 4 aliphatic rings. The van der Waals surface area contributed by atoms with Crippen LogP contribution in [0.25, 0.3) is 0 Å². The van der Waals surface area contributed by atoms with E-state index in [9.17, 15) is 19.2 Å². The SMILES string of the molecule is O=C1CCC(N2C(=O)c3cccc(CNC4CCC5CCNCC5C4)c3C2=O)C(=O)N1. The van der Waals surface area contributed by atoms with Crippen LogP contribution in [0.2, 0.25) is 0 Å². The third-order valence-corrected chi connectivity index (χ3v) is 7.37. The van der Waals surface area contributed by atoms with E-state index in [0.717, 1.165) is 42.3 Å². The number of carbonyl (C=O) groups excluding carboxylic acids is 4. The van der Waals surface area contributed by atoms with Gasteiger partial charge < -0.3 is 10.6 Å². The number of carbonyl (C=O) groups is 4. The van der Waals surface area contributed by atoms with E-state index in [2.05, 4.69) is 16.0 Å². The van der Waals surface area contributed by atoms with Crippen LogP contribution >= 0.6 is 0 Å². The average Bonchev–Trinajstić information content (AvgIpc) is 3.03. The van der Waals surface area contributed by atoms with Gasteiger partial charge in [-0.15, -0.1) is 0 Å². The van der Waals surface area contributed by atoms with Crippen molar-refractivity contribution in [3.63, 3.8) is 0 Å². The number of amides is 4. The predicted octanol–water partition coefficient (Wildman–Crippen LogP) is 0.956. The fraction of sp³-hybridized carbons (Fsp3) is 0.565. The maximum atomic E-state index is 13.2. The van der Waals surface area contributed by atoms with Gasteiger partial charge in [-0.1, -0.05) is 12.1 Å². The molecular weight excluding hydrogens is 396 g/mol. The van der Waals surface area contributed by atoms with E-state index in [1.54, 1.807) is 12.1 Å². The van der Waals surface area contributed by atoms with Crippen molar-refractivity contribution in [2.75, 3.05) is 13.1 Å². The average molecular weight is 425 g/mol. The first-order valence-corrected chi connectivity index (χ1v) is 11.3. The number of fused-ring (bicyclic) bond motifs is 2. The number of rotatable bonds is 4. The molecule has 1 saturated carbocycles. The summed E-state index contributed by atoms with van der Waals surface area (Å²) in [6.07, 6.45) is 5.04. The predicted molar refractivity (Wildman–Crippen MR) is 112 cm³/mol. The number of nitrogens with zero attached hydrogens (tertiary/aromatic N) is 1. The summed E-state index contributed by atoms with van der Waals surface area (Å²) in [5.74, 6) is -0.319. The number of benzene rings is 1. The highest BCUT2D eigenvalue weighted by Crippen LogP contribution is 2.34. The minimum Gasteiger partial charge on any atom is -0.316 e. The Kier molecular flexibility index (Phi) is 5.35. The lowest BCUT2D eigenvalue weighted by atomic mass is 9.73. The molecule has 4 unspecified atom stereocenters. The molecule has 31 heavy (non-hydrogen) atoms. The van der Waals surface area contributed by atoms with Crippen LogP contribution in [-0.4, -0.2) is 53.7 Å². The normalized spacial score (nSPS) is 30.8. The number of piperidine rings is 2. The first kappa shape index (κ1) is 20.3. The topological polar surface area (TPSA) is 108 Å². The van der Waals surface area contributed by atoms with Crippen LogP contribution in [0.1, 0.15) is 64.8 Å². The molecule has 3 N–H and O–H groups in total. The lowest BCUT2D eigenvalue weighted by Crippen LogP contribution is -2.54. The lowest BCUT2D eigenvalue weighted by molar-refractivity contribution is -0.136. The van der Waals surface area contributed by atoms with E-state index >= 15 is 0 Å². The third kappa shape index (κ3) is 3.68. The first-order chi connectivity index (χ1) is 15.0. The van der Waals surface area contributed by atoms with Gasteiger partial charge in [0.25, 0.3) is 11.8 Å². The summed E-state index contributed by atoms with van der Waals surface area (Å²) in [6, 6.07) is 4.77. The molecular formula is C23H28N4O4. The standard InChI is InChI=1S/C23H28N4O4/c28-19-7-6-18(21(29)26-19)27-22(30)17-3-1-2-14(20(17)23(27)31)12-25-16-5-4-13-8-9-24-11-15(13)10-16/h1-3,13,15-16,18,24-25H,4-12H2,(H,26,28,29). The Hall–Kier alpha value is -2.58. The second-order valence-corrected chi connectivity index (χ2v) is 9.19. The summed E-state index contributed by atoms with van der Waals surface area (Å²) >= 11 is 0. The molecule has 0 bridgehead atoms.